The van der Waals surface area contributed by atoms with Gasteiger partial charge < -0.3 is 38.6 Å². The Morgan fingerprint density at radius 1 is 0.741 bits per heavy atom. The summed E-state index contributed by atoms with van der Waals surface area (Å²) in [6.45, 7) is 4.06. The van der Waals surface area contributed by atoms with E-state index in [0.717, 1.165) is 73.9 Å². The summed E-state index contributed by atoms with van der Waals surface area (Å²) < 4.78 is 68.6. The molecule has 308 valence electrons. The number of benzene rings is 5. The number of methoxy groups -OCH3 is 4. The van der Waals surface area contributed by atoms with Gasteiger partial charge in [0.15, 0.2) is 34.5 Å². The first-order valence-electron chi connectivity index (χ1n) is 18.8. The van der Waals surface area contributed by atoms with Gasteiger partial charge in [-0.25, -0.2) is 0 Å². The lowest BCUT2D eigenvalue weighted by molar-refractivity contribution is 0.112. The molecule has 13 heteroatoms. The molecule has 1 aliphatic rings. The number of hydrogen-bond acceptors (Lipinski definition) is 11. The molecule has 5 aromatic rings. The number of carbonyl (C=O) groups is 1. The number of ether oxygens (including phenoxy) is 6. The molecule has 0 spiro atoms. The summed E-state index contributed by atoms with van der Waals surface area (Å²) in [6.07, 6.45) is 4.04. The second kappa shape index (κ2) is 20.2. The standard InChI is InChI=1S/C38H46N2O9S.C7H6O/c1-24-18-33(32(45-5)22-36(24)50(41,42)43)48-29-12-9-25(10-13-29)8-11-26-20-34(31(44-4)19-27(26)14-16-39-2)49-37-30-23-40(3)17-15-28(30)21-35(46-6)38(37)47-7;8-6-7-4-2-1-3-5-7/h9-10,12-13,18-22,39H,8,11,14-17,23H2,1-7H3,(H,41,42,43);1-6H. The Hall–Kier alpha value is -5.60. The minimum atomic E-state index is -4.40. The van der Waals surface area contributed by atoms with Crippen molar-refractivity contribution in [2.24, 2.45) is 0 Å². The maximum absolute atomic E-state index is 11.7. The van der Waals surface area contributed by atoms with Crippen molar-refractivity contribution >= 4 is 16.4 Å². The molecule has 0 aromatic heterocycles. The Morgan fingerprint density at radius 3 is 1.98 bits per heavy atom. The first-order chi connectivity index (χ1) is 27.9. The van der Waals surface area contributed by atoms with Crippen LogP contribution in [-0.2, 0) is 42.3 Å². The lowest BCUT2D eigenvalue weighted by atomic mass is 9.96. The van der Waals surface area contributed by atoms with Crippen molar-refractivity contribution in [3.63, 3.8) is 0 Å². The molecule has 58 heavy (non-hydrogen) atoms. The number of likely N-dealkylation sites (N-methyl/N-ethyl adjacent to an activating group) is 2. The van der Waals surface area contributed by atoms with Crippen molar-refractivity contribution < 1.29 is 46.2 Å². The highest BCUT2D eigenvalue weighted by Gasteiger charge is 2.27. The zero-order valence-electron chi connectivity index (χ0n) is 34.1. The first-order valence-corrected chi connectivity index (χ1v) is 20.3. The highest BCUT2D eigenvalue weighted by molar-refractivity contribution is 7.85. The normalized spacial score (nSPS) is 12.4. The molecule has 0 saturated carbocycles. The summed E-state index contributed by atoms with van der Waals surface area (Å²) in [5, 5.41) is 3.25. The van der Waals surface area contributed by atoms with Crippen LogP contribution < -0.4 is 33.7 Å². The minimum Gasteiger partial charge on any atom is -0.493 e. The van der Waals surface area contributed by atoms with E-state index in [9.17, 15) is 17.8 Å². The van der Waals surface area contributed by atoms with E-state index in [2.05, 4.69) is 29.4 Å². The van der Waals surface area contributed by atoms with E-state index in [4.69, 9.17) is 28.4 Å². The molecule has 12 nitrogen and oxygen atoms in total. The maximum Gasteiger partial charge on any atom is 0.294 e. The van der Waals surface area contributed by atoms with Crippen LogP contribution in [0.1, 0.15) is 43.7 Å². The Bertz CT molecular complexity index is 2280. The molecular formula is C45H52N2O10S. The van der Waals surface area contributed by atoms with Crippen molar-refractivity contribution in [1.82, 2.24) is 10.2 Å². The summed E-state index contributed by atoms with van der Waals surface area (Å²) >= 11 is 0. The van der Waals surface area contributed by atoms with E-state index in [1.165, 1.54) is 30.4 Å². The van der Waals surface area contributed by atoms with Crippen LogP contribution in [0.5, 0.6) is 46.0 Å². The fourth-order valence-corrected chi connectivity index (χ4v) is 7.48. The van der Waals surface area contributed by atoms with Crippen molar-refractivity contribution in [1.29, 1.82) is 0 Å². The predicted octanol–water partition coefficient (Wildman–Crippen LogP) is 7.89. The van der Waals surface area contributed by atoms with Crippen molar-refractivity contribution in [2.75, 3.05) is 55.6 Å². The van der Waals surface area contributed by atoms with Gasteiger partial charge in [0.25, 0.3) is 10.1 Å². The van der Waals surface area contributed by atoms with Gasteiger partial charge in [-0.2, -0.15) is 8.42 Å². The molecule has 0 bridgehead atoms. The average molecular weight is 813 g/mol. The SMILES string of the molecule is CNCCc1cc(OC)c(Oc2c3c(cc(OC)c2OC)CCN(C)C3)cc1CCc1ccc(Oc2cc(C)c(S(=O)(=O)O)cc2OC)cc1.O=Cc1ccccc1. The molecule has 6 rings (SSSR count). The van der Waals surface area contributed by atoms with E-state index in [1.807, 2.05) is 55.6 Å². The molecule has 0 saturated heterocycles. The number of nitrogens with zero attached hydrogens (tertiary/aromatic N) is 1. The number of fused-ring (bicyclic) bond motifs is 1. The molecule has 0 radical (unpaired) electrons. The fourth-order valence-electron chi connectivity index (χ4n) is 6.76. The smallest absolute Gasteiger partial charge is 0.294 e. The number of aryl methyl sites for hydroxylation is 3. The van der Waals surface area contributed by atoms with Crippen LogP contribution in [0, 0.1) is 6.92 Å². The van der Waals surface area contributed by atoms with E-state index < -0.39 is 10.1 Å². The molecule has 0 atom stereocenters. The van der Waals surface area contributed by atoms with Crippen LogP contribution >= 0.6 is 0 Å². The zero-order valence-corrected chi connectivity index (χ0v) is 34.9. The van der Waals surface area contributed by atoms with E-state index in [0.29, 0.717) is 45.8 Å². The Morgan fingerprint density at radius 2 is 1.38 bits per heavy atom. The van der Waals surface area contributed by atoms with Crippen LogP contribution in [0.2, 0.25) is 0 Å². The van der Waals surface area contributed by atoms with Gasteiger partial charge in [-0.3, -0.25) is 9.35 Å². The van der Waals surface area contributed by atoms with Crippen LogP contribution in [0.25, 0.3) is 0 Å². The second-order valence-electron chi connectivity index (χ2n) is 13.8. The molecule has 5 aromatic carbocycles. The van der Waals surface area contributed by atoms with E-state index in [-0.39, 0.29) is 10.6 Å². The van der Waals surface area contributed by atoms with Crippen LogP contribution in [0.15, 0.2) is 89.8 Å². The highest BCUT2D eigenvalue weighted by Crippen LogP contribution is 2.48. The summed E-state index contributed by atoms with van der Waals surface area (Å²) in [7, 11) is 5.96. The number of aldehydes is 1. The largest absolute Gasteiger partial charge is 0.493 e. The molecule has 1 heterocycles. The van der Waals surface area contributed by atoms with Gasteiger partial charge in [0.05, 0.1) is 28.4 Å². The number of hydrogen-bond donors (Lipinski definition) is 2. The molecule has 0 fully saturated rings. The molecule has 0 unspecified atom stereocenters. The predicted molar refractivity (Wildman–Crippen MR) is 224 cm³/mol. The summed E-state index contributed by atoms with van der Waals surface area (Å²) in [4.78, 5) is 12.0. The molecule has 1 aliphatic heterocycles. The summed E-state index contributed by atoms with van der Waals surface area (Å²) in [5.74, 6) is 4.15. The Labute approximate surface area is 341 Å². The van der Waals surface area contributed by atoms with Gasteiger partial charge >= 0.3 is 0 Å². The summed E-state index contributed by atoms with van der Waals surface area (Å²) in [5.41, 5.74) is 6.73. The third-order valence-electron chi connectivity index (χ3n) is 9.86. The van der Waals surface area contributed by atoms with Gasteiger partial charge in [-0.1, -0.05) is 42.5 Å². The number of carbonyl (C=O) groups excluding carboxylic acids is 1. The van der Waals surface area contributed by atoms with Crippen molar-refractivity contribution in [3.05, 3.63) is 124 Å². The van der Waals surface area contributed by atoms with Gasteiger partial charge in [-0.15, -0.1) is 0 Å². The highest BCUT2D eigenvalue weighted by atomic mass is 32.2. The fraction of sp³-hybridized carbons (Fsp3) is 0.311. The molecule has 0 aliphatic carbocycles. The third kappa shape index (κ3) is 10.9. The van der Waals surface area contributed by atoms with Crippen LogP contribution in [0.4, 0.5) is 0 Å². The average Bonchev–Trinajstić information content (AvgIpc) is 3.23. The Balaban J connectivity index is 0.000000714. The van der Waals surface area contributed by atoms with Crippen LogP contribution in [-0.4, -0.2) is 79.8 Å². The lowest BCUT2D eigenvalue weighted by Crippen LogP contribution is -2.27. The quantitative estimate of drug-likeness (QED) is 0.0739. The minimum absolute atomic E-state index is 0.193. The monoisotopic (exact) mass is 812 g/mol. The second-order valence-corrected chi connectivity index (χ2v) is 15.2. The van der Waals surface area contributed by atoms with Gasteiger partial charge in [0.2, 0.25) is 5.75 Å². The summed E-state index contributed by atoms with van der Waals surface area (Å²) in [6, 6.07) is 25.8. The van der Waals surface area contributed by atoms with E-state index in [1.54, 1.807) is 40.4 Å². The third-order valence-corrected chi connectivity index (χ3v) is 10.9. The van der Waals surface area contributed by atoms with Crippen molar-refractivity contribution in [2.45, 2.75) is 44.0 Å². The van der Waals surface area contributed by atoms with Crippen molar-refractivity contribution in [3.8, 4) is 46.0 Å². The lowest BCUT2D eigenvalue weighted by Gasteiger charge is -2.29. The van der Waals surface area contributed by atoms with Gasteiger partial charge in [0, 0.05) is 30.3 Å². The molecular weight excluding hydrogens is 761 g/mol. The number of nitrogens with one attached hydrogen (secondary N) is 1. The van der Waals surface area contributed by atoms with Gasteiger partial charge in [0.1, 0.15) is 16.9 Å². The first kappa shape index (κ1) is 43.5. The topological polar surface area (TPSA) is 142 Å². The molecule has 0 amide bonds. The zero-order chi connectivity index (χ0) is 41.8. The number of rotatable bonds is 16. The van der Waals surface area contributed by atoms with Crippen LogP contribution in [0.3, 0.4) is 0 Å². The Kier molecular flexibility index (Phi) is 15.2. The van der Waals surface area contributed by atoms with Gasteiger partial charge in [-0.05, 0) is 117 Å². The maximum atomic E-state index is 11.7. The molecule has 2 N–H and O–H groups in total. The van der Waals surface area contributed by atoms with E-state index >= 15 is 0 Å².